The van der Waals surface area contributed by atoms with Crippen molar-refractivity contribution < 1.29 is 9.90 Å². The van der Waals surface area contributed by atoms with Crippen LogP contribution in [-0.2, 0) is 0 Å². The minimum atomic E-state index is -0.168. The van der Waals surface area contributed by atoms with Crippen molar-refractivity contribution in [2.24, 2.45) is 0 Å². The molecule has 1 saturated carbocycles. The first kappa shape index (κ1) is 11.7. The van der Waals surface area contributed by atoms with Crippen LogP contribution >= 0.6 is 0 Å². The maximum Gasteiger partial charge on any atom is 0.251 e. The number of amides is 1. The molecule has 0 aliphatic heterocycles. The molecule has 2 N–H and O–H groups in total. The standard InChI is InChI=1S/C14H15NO2/c16-9-3-5-11-4-1-6-12(10-11)14(17)15-13-7-2-8-13/h1,4,6,10,13,16H,2,7-9H2,(H,15,17). The summed E-state index contributed by atoms with van der Waals surface area (Å²) in [5.41, 5.74) is 1.38. The summed E-state index contributed by atoms with van der Waals surface area (Å²) in [4.78, 5) is 11.9. The predicted octanol–water partition coefficient (Wildman–Crippen LogP) is 1.31. The average Bonchev–Trinajstić information content (AvgIpc) is 2.31. The van der Waals surface area contributed by atoms with E-state index in [1.165, 1.54) is 6.42 Å². The molecular formula is C14H15NO2. The number of rotatable bonds is 2. The van der Waals surface area contributed by atoms with Gasteiger partial charge in [-0.2, -0.15) is 0 Å². The molecule has 0 saturated heterocycles. The lowest BCUT2D eigenvalue weighted by Gasteiger charge is -2.26. The highest BCUT2D eigenvalue weighted by Gasteiger charge is 2.19. The maximum atomic E-state index is 11.9. The molecule has 0 unspecified atom stereocenters. The first-order valence-corrected chi connectivity index (χ1v) is 5.80. The molecule has 0 aromatic heterocycles. The van der Waals surface area contributed by atoms with Gasteiger partial charge in [0.05, 0.1) is 0 Å². The number of hydrogen-bond acceptors (Lipinski definition) is 2. The molecule has 88 valence electrons. The third kappa shape index (κ3) is 3.08. The van der Waals surface area contributed by atoms with Gasteiger partial charge in [-0.15, -0.1) is 0 Å². The Bertz CT molecular complexity index is 467. The van der Waals surface area contributed by atoms with E-state index in [-0.39, 0.29) is 12.5 Å². The van der Waals surface area contributed by atoms with Gasteiger partial charge in [0.1, 0.15) is 6.61 Å². The Hall–Kier alpha value is -1.79. The summed E-state index contributed by atoms with van der Waals surface area (Å²) in [5.74, 6) is 5.32. The number of carbonyl (C=O) groups is 1. The maximum absolute atomic E-state index is 11.9. The minimum Gasteiger partial charge on any atom is -0.384 e. The fourth-order valence-corrected chi connectivity index (χ4v) is 1.70. The van der Waals surface area contributed by atoms with Crippen molar-refractivity contribution in [1.29, 1.82) is 0 Å². The smallest absolute Gasteiger partial charge is 0.251 e. The second-order valence-corrected chi connectivity index (χ2v) is 4.14. The van der Waals surface area contributed by atoms with Crippen molar-refractivity contribution in [1.82, 2.24) is 5.32 Å². The van der Waals surface area contributed by atoms with Crippen LogP contribution in [0.3, 0.4) is 0 Å². The van der Waals surface area contributed by atoms with Crippen LogP contribution in [0.25, 0.3) is 0 Å². The Labute approximate surface area is 101 Å². The van der Waals surface area contributed by atoms with Gasteiger partial charge in [0, 0.05) is 17.2 Å². The van der Waals surface area contributed by atoms with Gasteiger partial charge in [-0.1, -0.05) is 17.9 Å². The lowest BCUT2D eigenvalue weighted by atomic mass is 9.93. The molecule has 17 heavy (non-hydrogen) atoms. The first-order valence-electron chi connectivity index (χ1n) is 5.80. The molecule has 1 aliphatic carbocycles. The van der Waals surface area contributed by atoms with Gasteiger partial charge in [0.15, 0.2) is 0 Å². The summed E-state index contributed by atoms with van der Waals surface area (Å²) in [7, 11) is 0. The van der Waals surface area contributed by atoms with Crippen molar-refractivity contribution in [2.75, 3.05) is 6.61 Å². The molecule has 1 fully saturated rings. The number of hydrogen-bond donors (Lipinski definition) is 2. The monoisotopic (exact) mass is 229 g/mol. The van der Waals surface area contributed by atoms with E-state index in [4.69, 9.17) is 5.11 Å². The predicted molar refractivity (Wildman–Crippen MR) is 65.5 cm³/mol. The number of carbonyl (C=O) groups excluding carboxylic acids is 1. The summed E-state index contributed by atoms with van der Waals surface area (Å²) in [6, 6.07) is 7.49. The molecular weight excluding hydrogens is 214 g/mol. The molecule has 3 heteroatoms. The Kier molecular flexibility index (Phi) is 3.79. The van der Waals surface area contributed by atoms with Crippen LogP contribution in [0, 0.1) is 11.8 Å². The number of aliphatic hydroxyl groups is 1. The van der Waals surface area contributed by atoms with E-state index in [2.05, 4.69) is 17.2 Å². The third-order valence-corrected chi connectivity index (χ3v) is 2.88. The number of aliphatic hydroxyl groups excluding tert-OH is 1. The fraction of sp³-hybridized carbons (Fsp3) is 0.357. The van der Waals surface area contributed by atoms with E-state index in [9.17, 15) is 4.79 Å². The quantitative estimate of drug-likeness (QED) is 0.751. The van der Waals surface area contributed by atoms with E-state index in [0.29, 0.717) is 11.6 Å². The van der Waals surface area contributed by atoms with E-state index in [0.717, 1.165) is 18.4 Å². The summed E-state index contributed by atoms with van der Waals surface area (Å²) in [6.45, 7) is -0.168. The van der Waals surface area contributed by atoms with Gasteiger partial charge in [-0.3, -0.25) is 4.79 Å². The van der Waals surface area contributed by atoms with E-state index < -0.39 is 0 Å². The van der Waals surface area contributed by atoms with Crippen LogP contribution in [-0.4, -0.2) is 23.7 Å². The molecule has 0 atom stereocenters. The van der Waals surface area contributed by atoms with Crippen LogP contribution < -0.4 is 5.32 Å². The normalized spacial score (nSPS) is 14.4. The van der Waals surface area contributed by atoms with Crippen molar-refractivity contribution in [3.8, 4) is 11.8 Å². The first-order chi connectivity index (χ1) is 8.29. The molecule has 2 rings (SSSR count). The second kappa shape index (κ2) is 5.51. The fourth-order valence-electron chi connectivity index (χ4n) is 1.70. The topological polar surface area (TPSA) is 49.3 Å². The lowest BCUT2D eigenvalue weighted by Crippen LogP contribution is -2.39. The highest BCUT2D eigenvalue weighted by molar-refractivity contribution is 5.94. The van der Waals surface area contributed by atoms with E-state index >= 15 is 0 Å². The molecule has 1 aromatic rings. The van der Waals surface area contributed by atoms with Gasteiger partial charge < -0.3 is 10.4 Å². The van der Waals surface area contributed by atoms with E-state index in [1.54, 1.807) is 18.2 Å². The van der Waals surface area contributed by atoms with Crippen molar-refractivity contribution in [3.05, 3.63) is 35.4 Å². The van der Waals surface area contributed by atoms with Gasteiger partial charge in [-0.05, 0) is 37.5 Å². The summed E-state index contributed by atoms with van der Waals surface area (Å²) in [6.07, 6.45) is 3.36. The summed E-state index contributed by atoms with van der Waals surface area (Å²) < 4.78 is 0. The molecule has 0 bridgehead atoms. The zero-order chi connectivity index (χ0) is 12.1. The molecule has 0 radical (unpaired) electrons. The highest BCUT2D eigenvalue weighted by Crippen LogP contribution is 2.18. The molecule has 1 aliphatic rings. The molecule has 0 heterocycles. The average molecular weight is 229 g/mol. The summed E-state index contributed by atoms with van der Waals surface area (Å²) in [5, 5.41) is 11.6. The van der Waals surface area contributed by atoms with Crippen LogP contribution in [0.1, 0.15) is 35.2 Å². The molecule has 0 spiro atoms. The lowest BCUT2D eigenvalue weighted by molar-refractivity contribution is 0.0917. The van der Waals surface area contributed by atoms with Crippen LogP contribution in [0.4, 0.5) is 0 Å². The number of nitrogens with one attached hydrogen (secondary N) is 1. The third-order valence-electron chi connectivity index (χ3n) is 2.88. The van der Waals surface area contributed by atoms with E-state index in [1.807, 2.05) is 6.07 Å². The van der Waals surface area contributed by atoms with Crippen LogP contribution in [0.15, 0.2) is 24.3 Å². The largest absolute Gasteiger partial charge is 0.384 e. The highest BCUT2D eigenvalue weighted by atomic mass is 16.2. The van der Waals surface area contributed by atoms with Crippen molar-refractivity contribution in [2.45, 2.75) is 25.3 Å². The molecule has 3 nitrogen and oxygen atoms in total. The summed E-state index contributed by atoms with van der Waals surface area (Å²) >= 11 is 0. The zero-order valence-electron chi connectivity index (χ0n) is 9.57. The Morgan fingerprint density at radius 1 is 1.47 bits per heavy atom. The van der Waals surface area contributed by atoms with Crippen molar-refractivity contribution in [3.63, 3.8) is 0 Å². The molecule has 1 amide bonds. The minimum absolute atomic E-state index is 0.0395. The van der Waals surface area contributed by atoms with Gasteiger partial charge in [0.25, 0.3) is 5.91 Å². The Morgan fingerprint density at radius 2 is 2.29 bits per heavy atom. The van der Waals surface area contributed by atoms with Gasteiger partial charge in [0.2, 0.25) is 0 Å². The number of benzene rings is 1. The van der Waals surface area contributed by atoms with Crippen LogP contribution in [0.5, 0.6) is 0 Å². The zero-order valence-corrected chi connectivity index (χ0v) is 9.57. The SMILES string of the molecule is O=C(NC1CCC1)c1cccc(C#CCO)c1. The van der Waals surface area contributed by atoms with Gasteiger partial charge >= 0.3 is 0 Å². The molecule has 1 aromatic carbocycles. The Morgan fingerprint density at radius 3 is 2.94 bits per heavy atom. The van der Waals surface area contributed by atoms with Crippen molar-refractivity contribution >= 4 is 5.91 Å². The Balaban J connectivity index is 2.06. The van der Waals surface area contributed by atoms with Gasteiger partial charge in [-0.25, -0.2) is 0 Å². The van der Waals surface area contributed by atoms with Crippen LogP contribution in [0.2, 0.25) is 0 Å². The second-order valence-electron chi connectivity index (χ2n) is 4.14.